The van der Waals surface area contributed by atoms with Gasteiger partial charge in [-0.15, -0.1) is 0 Å². The highest BCUT2D eigenvalue weighted by Gasteiger charge is 2.20. The number of imidazole rings is 2. The molecular weight excluding hydrogens is 414 g/mol. The third kappa shape index (κ3) is 4.36. The second-order valence-corrected chi connectivity index (χ2v) is 7.73. The van der Waals surface area contributed by atoms with E-state index in [-0.39, 0.29) is 5.91 Å². The SMILES string of the molecule is Cc1nc(-c2nc(C(=O)NCCc3ccccn3)c3ccccn23)cn1Cc1cccnc1. The highest BCUT2D eigenvalue weighted by molar-refractivity contribution is 5.99. The number of amides is 1. The monoisotopic (exact) mass is 437 g/mol. The van der Waals surface area contributed by atoms with E-state index in [2.05, 4.69) is 19.9 Å². The fourth-order valence-electron chi connectivity index (χ4n) is 3.78. The van der Waals surface area contributed by atoms with Gasteiger partial charge in [0.2, 0.25) is 0 Å². The van der Waals surface area contributed by atoms with Gasteiger partial charge in [0.25, 0.3) is 5.91 Å². The van der Waals surface area contributed by atoms with Crippen molar-refractivity contribution in [2.45, 2.75) is 19.9 Å². The van der Waals surface area contributed by atoms with Gasteiger partial charge in [0.15, 0.2) is 11.5 Å². The summed E-state index contributed by atoms with van der Waals surface area (Å²) in [5.41, 5.74) is 3.85. The average molecular weight is 438 g/mol. The van der Waals surface area contributed by atoms with Gasteiger partial charge >= 0.3 is 0 Å². The first-order valence-corrected chi connectivity index (χ1v) is 10.8. The lowest BCUT2D eigenvalue weighted by Gasteiger charge is -2.03. The molecule has 0 atom stereocenters. The molecule has 8 nitrogen and oxygen atoms in total. The molecule has 5 aromatic heterocycles. The number of carbonyl (C=O) groups excluding carboxylic acids is 1. The van der Waals surface area contributed by atoms with Crippen molar-refractivity contribution < 1.29 is 4.79 Å². The normalized spacial score (nSPS) is 11.1. The zero-order valence-electron chi connectivity index (χ0n) is 18.2. The van der Waals surface area contributed by atoms with E-state index in [0.717, 1.165) is 22.6 Å². The summed E-state index contributed by atoms with van der Waals surface area (Å²) in [6, 6.07) is 15.4. The number of nitrogens with one attached hydrogen (secondary N) is 1. The van der Waals surface area contributed by atoms with Crippen molar-refractivity contribution in [3.63, 3.8) is 0 Å². The third-order valence-electron chi connectivity index (χ3n) is 5.44. The van der Waals surface area contributed by atoms with Crippen LogP contribution < -0.4 is 5.32 Å². The molecule has 8 heteroatoms. The van der Waals surface area contributed by atoms with Gasteiger partial charge in [-0.25, -0.2) is 9.97 Å². The first kappa shape index (κ1) is 20.6. The zero-order chi connectivity index (χ0) is 22.6. The number of fused-ring (bicyclic) bond motifs is 1. The fourth-order valence-corrected chi connectivity index (χ4v) is 3.78. The van der Waals surface area contributed by atoms with Crippen molar-refractivity contribution in [3.05, 3.63) is 102 Å². The minimum atomic E-state index is -0.215. The molecule has 1 amide bonds. The second-order valence-electron chi connectivity index (χ2n) is 7.73. The van der Waals surface area contributed by atoms with Gasteiger partial charge in [-0.1, -0.05) is 18.2 Å². The Balaban J connectivity index is 1.41. The molecule has 5 heterocycles. The zero-order valence-corrected chi connectivity index (χ0v) is 18.2. The van der Waals surface area contributed by atoms with Crippen molar-refractivity contribution in [3.8, 4) is 11.5 Å². The van der Waals surface area contributed by atoms with Gasteiger partial charge < -0.3 is 9.88 Å². The molecule has 5 aromatic rings. The van der Waals surface area contributed by atoms with Crippen molar-refractivity contribution in [2.75, 3.05) is 6.54 Å². The summed E-state index contributed by atoms with van der Waals surface area (Å²) in [5.74, 6) is 1.28. The van der Waals surface area contributed by atoms with E-state index < -0.39 is 0 Å². The summed E-state index contributed by atoms with van der Waals surface area (Å²) in [6.45, 7) is 3.10. The van der Waals surface area contributed by atoms with E-state index in [9.17, 15) is 4.79 Å². The number of hydrogen-bond donors (Lipinski definition) is 1. The molecule has 5 rings (SSSR count). The maximum Gasteiger partial charge on any atom is 0.272 e. The summed E-state index contributed by atoms with van der Waals surface area (Å²) >= 11 is 0. The minimum Gasteiger partial charge on any atom is -0.350 e. The Hall–Kier alpha value is -4.33. The molecule has 0 unspecified atom stereocenters. The second kappa shape index (κ2) is 9.04. The Morgan fingerprint density at radius 2 is 1.94 bits per heavy atom. The largest absolute Gasteiger partial charge is 0.350 e. The molecule has 0 radical (unpaired) electrons. The first-order valence-electron chi connectivity index (χ1n) is 10.8. The lowest BCUT2D eigenvalue weighted by atomic mass is 10.2. The van der Waals surface area contributed by atoms with Crippen LogP contribution in [0, 0.1) is 6.92 Å². The molecule has 33 heavy (non-hydrogen) atoms. The molecule has 164 valence electrons. The lowest BCUT2D eigenvalue weighted by molar-refractivity contribution is 0.0951. The van der Waals surface area contributed by atoms with Crippen molar-refractivity contribution in [1.29, 1.82) is 0 Å². The van der Waals surface area contributed by atoms with Crippen molar-refractivity contribution in [2.24, 2.45) is 0 Å². The Kier molecular flexibility index (Phi) is 5.63. The molecule has 0 aliphatic rings. The van der Waals surface area contributed by atoms with E-state index in [1.54, 1.807) is 12.4 Å². The minimum absolute atomic E-state index is 0.215. The van der Waals surface area contributed by atoms with Crippen LogP contribution in [0.3, 0.4) is 0 Å². The van der Waals surface area contributed by atoms with Gasteiger partial charge in [-0.3, -0.25) is 19.2 Å². The number of aryl methyl sites for hydroxylation is 1. The Labute approximate surface area is 191 Å². The Morgan fingerprint density at radius 3 is 2.76 bits per heavy atom. The van der Waals surface area contributed by atoms with Crippen molar-refractivity contribution >= 4 is 11.4 Å². The molecule has 0 spiro atoms. The van der Waals surface area contributed by atoms with Crippen molar-refractivity contribution in [1.82, 2.24) is 34.2 Å². The molecule has 0 aliphatic carbocycles. The van der Waals surface area contributed by atoms with Crippen LogP contribution in [0.4, 0.5) is 0 Å². The van der Waals surface area contributed by atoms with Gasteiger partial charge in [0, 0.05) is 49.6 Å². The quantitative estimate of drug-likeness (QED) is 0.422. The van der Waals surface area contributed by atoms with E-state index in [0.29, 0.717) is 36.7 Å². The van der Waals surface area contributed by atoms with Crippen LogP contribution in [0.2, 0.25) is 0 Å². The number of pyridine rings is 3. The summed E-state index contributed by atoms with van der Waals surface area (Å²) in [7, 11) is 0. The van der Waals surface area contributed by atoms with Crippen LogP contribution in [0.15, 0.2) is 79.5 Å². The maximum atomic E-state index is 13.0. The molecule has 0 saturated heterocycles. The summed E-state index contributed by atoms with van der Waals surface area (Å²) < 4.78 is 3.97. The van der Waals surface area contributed by atoms with Crippen LogP contribution in [-0.2, 0) is 13.0 Å². The van der Waals surface area contributed by atoms with Crippen LogP contribution in [0.5, 0.6) is 0 Å². The number of rotatable bonds is 7. The molecule has 0 aromatic carbocycles. The fraction of sp³-hybridized carbons (Fsp3) is 0.160. The molecule has 0 fully saturated rings. The van der Waals surface area contributed by atoms with Gasteiger partial charge in [0.1, 0.15) is 11.5 Å². The van der Waals surface area contributed by atoms with E-state index >= 15 is 0 Å². The Morgan fingerprint density at radius 1 is 1.03 bits per heavy atom. The smallest absolute Gasteiger partial charge is 0.272 e. The van der Waals surface area contributed by atoms with Crippen LogP contribution in [-0.4, -0.2) is 41.4 Å². The molecule has 0 saturated carbocycles. The number of hydrogen-bond acceptors (Lipinski definition) is 5. The summed E-state index contributed by atoms with van der Waals surface area (Å²) in [6.07, 6.45) is 9.88. The highest BCUT2D eigenvalue weighted by atomic mass is 16.1. The number of nitrogens with zero attached hydrogens (tertiary/aromatic N) is 6. The third-order valence-corrected chi connectivity index (χ3v) is 5.44. The predicted molar refractivity (Wildman–Crippen MR) is 125 cm³/mol. The summed E-state index contributed by atoms with van der Waals surface area (Å²) in [5, 5.41) is 2.97. The van der Waals surface area contributed by atoms with Gasteiger partial charge in [-0.2, -0.15) is 0 Å². The number of aromatic nitrogens is 6. The standard InChI is InChI=1S/C25H23N7O/c1-18-29-21(17-31(18)16-19-7-6-11-26-15-19)24-30-23(22-9-3-5-14-32(22)24)25(33)28-13-10-20-8-2-4-12-27-20/h2-9,11-12,14-15,17H,10,13,16H2,1H3,(H,28,33). The molecule has 1 N–H and O–H groups in total. The van der Waals surface area contributed by atoms with E-state index in [4.69, 9.17) is 9.97 Å². The molecule has 0 aliphatic heterocycles. The maximum absolute atomic E-state index is 13.0. The van der Waals surface area contributed by atoms with Crippen LogP contribution in [0.25, 0.3) is 17.0 Å². The molecular formula is C25H23N7O. The van der Waals surface area contributed by atoms with E-state index in [1.165, 1.54) is 0 Å². The van der Waals surface area contributed by atoms with Crippen LogP contribution in [0.1, 0.15) is 27.6 Å². The lowest BCUT2D eigenvalue weighted by Crippen LogP contribution is -2.26. The summed E-state index contributed by atoms with van der Waals surface area (Å²) in [4.78, 5) is 30.9. The van der Waals surface area contributed by atoms with Gasteiger partial charge in [0.05, 0.1) is 12.1 Å². The topological polar surface area (TPSA) is 90.0 Å². The average Bonchev–Trinajstić information content (AvgIpc) is 3.41. The predicted octanol–water partition coefficient (Wildman–Crippen LogP) is 3.32. The van der Waals surface area contributed by atoms with E-state index in [1.807, 2.05) is 78.4 Å². The first-order chi connectivity index (χ1) is 16.2. The highest BCUT2D eigenvalue weighted by Crippen LogP contribution is 2.23. The Bertz CT molecular complexity index is 1390. The number of carbonyl (C=O) groups is 1. The van der Waals surface area contributed by atoms with Crippen LogP contribution >= 0.6 is 0 Å². The van der Waals surface area contributed by atoms with Gasteiger partial charge in [-0.05, 0) is 42.8 Å². The molecule has 0 bridgehead atoms.